The highest BCUT2D eigenvalue weighted by Gasteiger charge is 2.43. The molecule has 3 heteroatoms. The van der Waals surface area contributed by atoms with Crippen LogP contribution in [0.4, 0.5) is 0 Å². The Bertz CT molecular complexity index is 234. The van der Waals surface area contributed by atoms with Crippen molar-refractivity contribution in [1.29, 1.82) is 0 Å². The zero-order valence-electron chi connectivity index (χ0n) is 6.16. The molecule has 1 saturated carbocycles. The lowest BCUT2D eigenvalue weighted by Crippen LogP contribution is -2.46. The van der Waals surface area contributed by atoms with Crippen molar-refractivity contribution in [3.05, 3.63) is 11.8 Å². The van der Waals surface area contributed by atoms with Crippen LogP contribution in [0.3, 0.4) is 0 Å². The molecular weight excluding hydrogens is 142 g/mol. The van der Waals surface area contributed by atoms with E-state index in [0.717, 1.165) is 12.8 Å². The van der Waals surface area contributed by atoms with Crippen LogP contribution in [0.5, 0.6) is 0 Å². The molecule has 0 unspecified atom stereocenters. The summed E-state index contributed by atoms with van der Waals surface area (Å²) in [6.07, 6.45) is 2.67. The quantitative estimate of drug-likeness (QED) is 0.506. The normalized spacial score (nSPS) is 42.5. The van der Waals surface area contributed by atoms with E-state index in [9.17, 15) is 9.90 Å². The first-order valence-electron chi connectivity index (χ1n) is 3.89. The first-order chi connectivity index (χ1) is 5.20. The number of carbonyl (C=O) groups excluding carboxylic acids is 1. The van der Waals surface area contributed by atoms with Crippen molar-refractivity contribution in [1.82, 2.24) is 0 Å². The summed E-state index contributed by atoms with van der Waals surface area (Å²) in [4.78, 5) is 11.1. The van der Waals surface area contributed by atoms with E-state index in [2.05, 4.69) is 0 Å². The molecule has 2 rings (SSSR count). The zero-order valence-corrected chi connectivity index (χ0v) is 6.16. The average Bonchev–Trinajstić information content (AvgIpc) is 1.81. The van der Waals surface area contributed by atoms with E-state index < -0.39 is 6.10 Å². The fourth-order valence-electron chi connectivity index (χ4n) is 1.86. The molecule has 3 N–H and O–H groups in total. The largest absolute Gasteiger partial charge is 0.400 e. The van der Waals surface area contributed by atoms with Crippen LogP contribution in [0.1, 0.15) is 12.8 Å². The summed E-state index contributed by atoms with van der Waals surface area (Å²) in [5, 5.41) is 9.44. The van der Waals surface area contributed by atoms with Crippen molar-refractivity contribution in [3.63, 3.8) is 0 Å². The van der Waals surface area contributed by atoms with Gasteiger partial charge in [-0.05, 0) is 12.8 Å². The van der Waals surface area contributed by atoms with Crippen molar-refractivity contribution in [2.45, 2.75) is 18.9 Å². The topological polar surface area (TPSA) is 63.3 Å². The van der Waals surface area contributed by atoms with E-state index in [4.69, 9.17) is 5.73 Å². The van der Waals surface area contributed by atoms with Gasteiger partial charge in [0.1, 0.15) is 0 Å². The highest BCUT2D eigenvalue weighted by atomic mass is 16.3. The van der Waals surface area contributed by atoms with E-state index in [0.29, 0.717) is 5.70 Å². The van der Waals surface area contributed by atoms with E-state index in [1.165, 1.54) is 6.08 Å². The molecule has 1 fully saturated rings. The number of allylic oxidation sites excluding steroid dienone is 1. The van der Waals surface area contributed by atoms with E-state index in [-0.39, 0.29) is 17.6 Å². The number of aliphatic hydroxyl groups is 1. The third kappa shape index (κ3) is 0.807. The minimum atomic E-state index is -0.563. The number of nitrogens with two attached hydrogens (primary N) is 1. The van der Waals surface area contributed by atoms with Gasteiger partial charge in [-0.15, -0.1) is 0 Å². The van der Waals surface area contributed by atoms with Gasteiger partial charge < -0.3 is 10.8 Å². The van der Waals surface area contributed by atoms with Crippen molar-refractivity contribution in [2.24, 2.45) is 17.6 Å². The highest BCUT2D eigenvalue weighted by Crippen LogP contribution is 2.41. The molecule has 3 nitrogen and oxygen atoms in total. The fourth-order valence-corrected chi connectivity index (χ4v) is 1.86. The summed E-state index contributed by atoms with van der Waals surface area (Å²) < 4.78 is 0. The Kier molecular flexibility index (Phi) is 1.29. The lowest BCUT2D eigenvalue weighted by atomic mass is 9.65. The third-order valence-corrected chi connectivity index (χ3v) is 2.75. The van der Waals surface area contributed by atoms with Crippen molar-refractivity contribution in [3.8, 4) is 0 Å². The Morgan fingerprint density at radius 2 is 2.27 bits per heavy atom. The molecule has 0 aromatic heterocycles. The molecule has 11 heavy (non-hydrogen) atoms. The number of ketones is 1. The first kappa shape index (κ1) is 6.85. The maximum absolute atomic E-state index is 11.1. The number of carbonyl (C=O) groups is 1. The Morgan fingerprint density at radius 3 is 2.82 bits per heavy atom. The lowest BCUT2D eigenvalue weighted by Gasteiger charge is -2.41. The second kappa shape index (κ2) is 2.08. The van der Waals surface area contributed by atoms with E-state index in [1.807, 2.05) is 0 Å². The Labute approximate surface area is 64.9 Å². The second-order valence-corrected chi connectivity index (χ2v) is 3.34. The minimum absolute atomic E-state index is 0.0669. The molecule has 0 aliphatic heterocycles. The molecule has 0 aromatic carbocycles. The second-order valence-electron chi connectivity index (χ2n) is 3.34. The molecule has 2 aliphatic rings. The maximum Gasteiger partial charge on any atom is 0.160 e. The molecule has 0 spiro atoms. The summed E-state index contributed by atoms with van der Waals surface area (Å²) >= 11 is 0. The van der Waals surface area contributed by atoms with Gasteiger partial charge in [-0.3, -0.25) is 4.79 Å². The predicted octanol–water partition coefficient (Wildman–Crippen LogP) is -0.201. The first-order valence-corrected chi connectivity index (χ1v) is 3.89. The summed E-state index contributed by atoms with van der Waals surface area (Å²) in [6.45, 7) is 0. The standard InChI is InChI=1S/C8H11NO2/c9-6-3-7(10)4-1-2-5(4)8(6)11/h3-5,8,11H,1-2,9H2/t4-,5+,8+/m0/s1. The molecule has 0 radical (unpaired) electrons. The molecule has 60 valence electrons. The van der Waals surface area contributed by atoms with Crippen molar-refractivity contribution >= 4 is 5.78 Å². The molecule has 0 saturated heterocycles. The number of aliphatic hydroxyl groups excluding tert-OH is 1. The summed E-state index contributed by atoms with van der Waals surface area (Å²) in [5.74, 6) is 0.286. The minimum Gasteiger partial charge on any atom is -0.400 e. The average molecular weight is 153 g/mol. The van der Waals surface area contributed by atoms with Crippen LogP contribution >= 0.6 is 0 Å². The molecule has 3 atom stereocenters. The van der Waals surface area contributed by atoms with Gasteiger partial charge in [-0.1, -0.05) is 0 Å². The van der Waals surface area contributed by atoms with E-state index >= 15 is 0 Å². The Hall–Kier alpha value is -0.830. The van der Waals surface area contributed by atoms with Crippen LogP contribution in [-0.2, 0) is 4.79 Å². The lowest BCUT2D eigenvalue weighted by molar-refractivity contribution is -0.127. The zero-order chi connectivity index (χ0) is 8.01. The molecule has 0 heterocycles. The predicted molar refractivity (Wildman–Crippen MR) is 39.5 cm³/mol. The maximum atomic E-state index is 11.1. The van der Waals surface area contributed by atoms with Gasteiger partial charge in [0.2, 0.25) is 0 Å². The molecule has 0 bridgehead atoms. The highest BCUT2D eigenvalue weighted by molar-refractivity contribution is 5.94. The number of fused-ring (bicyclic) bond motifs is 1. The molecule has 0 aromatic rings. The van der Waals surface area contributed by atoms with Gasteiger partial charge in [0, 0.05) is 23.6 Å². The fraction of sp³-hybridized carbons (Fsp3) is 0.625. The van der Waals surface area contributed by atoms with Crippen LogP contribution < -0.4 is 5.73 Å². The van der Waals surface area contributed by atoms with Gasteiger partial charge in [0.05, 0.1) is 6.10 Å². The van der Waals surface area contributed by atoms with Crippen molar-refractivity contribution in [2.75, 3.05) is 0 Å². The summed E-state index contributed by atoms with van der Waals surface area (Å²) in [5.41, 5.74) is 5.79. The Morgan fingerprint density at radius 1 is 1.55 bits per heavy atom. The van der Waals surface area contributed by atoms with Crippen LogP contribution in [0.2, 0.25) is 0 Å². The number of rotatable bonds is 0. The van der Waals surface area contributed by atoms with Crippen LogP contribution in [0.25, 0.3) is 0 Å². The SMILES string of the molecule is NC1=CC(=O)[C@H]2CC[C@H]2[C@H]1O. The molecular formula is C8H11NO2. The van der Waals surface area contributed by atoms with Crippen LogP contribution in [0.15, 0.2) is 11.8 Å². The van der Waals surface area contributed by atoms with Gasteiger partial charge in [-0.25, -0.2) is 0 Å². The summed E-state index contributed by atoms with van der Waals surface area (Å²) in [6, 6.07) is 0. The van der Waals surface area contributed by atoms with E-state index in [1.54, 1.807) is 0 Å². The number of hydrogen-bond acceptors (Lipinski definition) is 3. The van der Waals surface area contributed by atoms with Gasteiger partial charge in [-0.2, -0.15) is 0 Å². The molecule has 0 amide bonds. The number of hydrogen-bond donors (Lipinski definition) is 2. The van der Waals surface area contributed by atoms with Gasteiger partial charge >= 0.3 is 0 Å². The van der Waals surface area contributed by atoms with Crippen molar-refractivity contribution < 1.29 is 9.90 Å². The van der Waals surface area contributed by atoms with Crippen LogP contribution in [0, 0.1) is 11.8 Å². The van der Waals surface area contributed by atoms with Crippen LogP contribution in [-0.4, -0.2) is 17.0 Å². The molecule has 2 aliphatic carbocycles. The Balaban J connectivity index is 2.29. The smallest absolute Gasteiger partial charge is 0.160 e. The third-order valence-electron chi connectivity index (χ3n) is 2.75. The summed E-state index contributed by atoms with van der Waals surface area (Å²) in [7, 11) is 0. The monoisotopic (exact) mass is 153 g/mol. The van der Waals surface area contributed by atoms with Gasteiger partial charge in [0.15, 0.2) is 5.78 Å². The van der Waals surface area contributed by atoms with Gasteiger partial charge in [0.25, 0.3) is 0 Å².